The molecule has 0 unspecified atom stereocenters. The summed E-state index contributed by atoms with van der Waals surface area (Å²) in [4.78, 5) is -0.0720. The Bertz CT molecular complexity index is 648. The highest BCUT2D eigenvalue weighted by Crippen LogP contribution is 2.34. The summed E-state index contributed by atoms with van der Waals surface area (Å²) >= 11 is 12.1. The van der Waals surface area contributed by atoms with Gasteiger partial charge in [0, 0.05) is 18.7 Å². The molecule has 1 aliphatic rings. The van der Waals surface area contributed by atoms with Crippen LogP contribution in [0.2, 0.25) is 10.0 Å². The maximum atomic E-state index is 12.5. The molecule has 0 saturated carbocycles. The lowest BCUT2D eigenvalue weighted by atomic mass is 10.2. The Hall–Kier alpha value is -0.770. The number of sulfonamides is 1. The van der Waals surface area contributed by atoms with Crippen LogP contribution >= 0.6 is 23.2 Å². The third-order valence-electron chi connectivity index (χ3n) is 2.97. The molecule has 1 aromatic rings. The molecule has 0 radical (unpaired) electrons. The Balaban J connectivity index is 2.47. The van der Waals surface area contributed by atoms with E-state index in [-0.39, 0.29) is 21.5 Å². The molecule has 108 valence electrons. The number of hydrogen-bond acceptors (Lipinski definition) is 3. The van der Waals surface area contributed by atoms with Crippen LogP contribution in [0.25, 0.3) is 0 Å². The highest BCUT2D eigenvalue weighted by Gasteiger charge is 2.31. The lowest BCUT2D eigenvalue weighted by molar-refractivity contribution is 0.350. The predicted octanol–water partition coefficient (Wildman–Crippen LogP) is 2.12. The number of rotatable bonds is 2. The van der Waals surface area contributed by atoms with E-state index >= 15 is 0 Å². The molecule has 1 aliphatic heterocycles. The summed E-state index contributed by atoms with van der Waals surface area (Å²) in [7, 11) is -3.67. The first-order chi connectivity index (χ1) is 9.46. The zero-order valence-electron chi connectivity index (χ0n) is 10.6. The predicted molar refractivity (Wildman–Crippen MR) is 78.4 cm³/mol. The number of halogens is 2. The lowest BCUT2D eigenvalue weighted by Gasteiger charge is -2.17. The van der Waals surface area contributed by atoms with Crippen molar-refractivity contribution >= 4 is 33.2 Å². The Morgan fingerprint density at radius 3 is 2.25 bits per heavy atom. The summed E-state index contributed by atoms with van der Waals surface area (Å²) in [5.74, 6) is 5.11. The molecule has 0 aromatic heterocycles. The van der Waals surface area contributed by atoms with Crippen molar-refractivity contribution in [3.05, 3.63) is 27.7 Å². The minimum absolute atomic E-state index is 0.0478. The van der Waals surface area contributed by atoms with Crippen molar-refractivity contribution in [1.82, 2.24) is 4.31 Å². The monoisotopic (exact) mass is 333 g/mol. The first-order valence-electron chi connectivity index (χ1n) is 6.05. The molecule has 0 atom stereocenters. The first-order valence-corrected chi connectivity index (χ1v) is 8.25. The molecule has 0 aliphatic carbocycles. The molecular formula is C13H13Cl2NO3S. The van der Waals surface area contributed by atoms with E-state index in [2.05, 4.69) is 11.8 Å². The lowest BCUT2D eigenvalue weighted by Crippen LogP contribution is -2.28. The van der Waals surface area contributed by atoms with E-state index < -0.39 is 10.0 Å². The summed E-state index contributed by atoms with van der Waals surface area (Å²) < 4.78 is 26.4. The van der Waals surface area contributed by atoms with E-state index in [1.165, 1.54) is 16.4 Å². The van der Waals surface area contributed by atoms with Crippen LogP contribution in [-0.2, 0) is 10.0 Å². The van der Waals surface area contributed by atoms with Gasteiger partial charge in [-0.2, -0.15) is 4.31 Å². The fraction of sp³-hybridized carbons (Fsp3) is 0.385. The average molecular weight is 334 g/mol. The van der Waals surface area contributed by atoms with Gasteiger partial charge in [-0.15, -0.1) is 0 Å². The largest absolute Gasteiger partial charge is 0.384 e. The van der Waals surface area contributed by atoms with E-state index in [4.69, 9.17) is 28.3 Å². The van der Waals surface area contributed by atoms with Crippen molar-refractivity contribution in [2.75, 3.05) is 19.7 Å². The van der Waals surface area contributed by atoms with Crippen molar-refractivity contribution in [3.8, 4) is 11.8 Å². The first kappa shape index (κ1) is 15.6. The summed E-state index contributed by atoms with van der Waals surface area (Å²) in [6.07, 6.45) is 1.68. The SMILES string of the molecule is O=S(=O)(c1c(Cl)cc(C#CCO)cc1Cl)N1CCCC1. The second kappa shape index (κ2) is 6.33. The zero-order chi connectivity index (χ0) is 14.8. The molecular weight excluding hydrogens is 321 g/mol. The average Bonchev–Trinajstić information content (AvgIpc) is 2.89. The van der Waals surface area contributed by atoms with Gasteiger partial charge in [0.15, 0.2) is 0 Å². The summed E-state index contributed by atoms with van der Waals surface area (Å²) in [5, 5.41) is 8.75. The van der Waals surface area contributed by atoms with Crippen LogP contribution in [0.5, 0.6) is 0 Å². The minimum Gasteiger partial charge on any atom is -0.384 e. The minimum atomic E-state index is -3.67. The molecule has 20 heavy (non-hydrogen) atoms. The smallest absolute Gasteiger partial charge is 0.246 e. The fourth-order valence-corrected chi connectivity index (χ4v) is 4.76. The van der Waals surface area contributed by atoms with Gasteiger partial charge in [0.05, 0.1) is 10.0 Å². The van der Waals surface area contributed by atoms with Gasteiger partial charge < -0.3 is 5.11 Å². The van der Waals surface area contributed by atoms with E-state index in [1.54, 1.807) is 0 Å². The molecule has 1 heterocycles. The van der Waals surface area contributed by atoms with Crippen LogP contribution in [-0.4, -0.2) is 37.5 Å². The van der Waals surface area contributed by atoms with E-state index in [9.17, 15) is 8.42 Å². The van der Waals surface area contributed by atoms with Crippen LogP contribution in [0.1, 0.15) is 18.4 Å². The van der Waals surface area contributed by atoms with Crippen molar-refractivity contribution < 1.29 is 13.5 Å². The molecule has 0 bridgehead atoms. The molecule has 1 N–H and O–H groups in total. The van der Waals surface area contributed by atoms with Gasteiger partial charge in [0.25, 0.3) is 0 Å². The van der Waals surface area contributed by atoms with Crippen LogP contribution in [0.15, 0.2) is 17.0 Å². The third-order valence-corrected chi connectivity index (χ3v) is 5.79. The van der Waals surface area contributed by atoms with Crippen molar-refractivity contribution in [2.24, 2.45) is 0 Å². The van der Waals surface area contributed by atoms with Gasteiger partial charge in [-0.3, -0.25) is 0 Å². The third kappa shape index (κ3) is 3.11. The molecule has 1 aromatic carbocycles. The zero-order valence-corrected chi connectivity index (χ0v) is 12.9. The van der Waals surface area contributed by atoms with E-state index in [0.29, 0.717) is 18.7 Å². The van der Waals surface area contributed by atoms with Crippen LogP contribution in [0.4, 0.5) is 0 Å². The second-order valence-electron chi connectivity index (χ2n) is 4.34. The Morgan fingerprint density at radius 1 is 1.20 bits per heavy atom. The summed E-state index contributed by atoms with van der Waals surface area (Å²) in [6, 6.07) is 2.89. The van der Waals surface area contributed by atoms with Crippen LogP contribution in [0.3, 0.4) is 0 Å². The maximum Gasteiger partial charge on any atom is 0.246 e. The Labute approximate surface area is 128 Å². The normalized spacial score (nSPS) is 15.9. The van der Waals surface area contributed by atoms with Gasteiger partial charge in [-0.05, 0) is 25.0 Å². The van der Waals surface area contributed by atoms with Gasteiger partial charge in [-0.1, -0.05) is 35.0 Å². The molecule has 7 heteroatoms. The molecule has 1 fully saturated rings. The standard InChI is InChI=1S/C13H13Cl2NO3S/c14-11-8-10(4-3-7-17)9-12(15)13(11)20(18,19)16-5-1-2-6-16/h8-9,17H,1-2,5-7H2. The Kier molecular flexibility index (Phi) is 4.95. The fourth-order valence-electron chi connectivity index (χ4n) is 2.08. The van der Waals surface area contributed by atoms with Gasteiger partial charge in [-0.25, -0.2) is 8.42 Å². The quantitative estimate of drug-likeness (QED) is 0.843. The molecule has 0 spiro atoms. The molecule has 0 amide bonds. The van der Waals surface area contributed by atoms with E-state index in [0.717, 1.165) is 12.8 Å². The van der Waals surface area contributed by atoms with Gasteiger partial charge in [0.1, 0.15) is 11.5 Å². The van der Waals surface area contributed by atoms with E-state index in [1.807, 2.05) is 0 Å². The van der Waals surface area contributed by atoms with Crippen LogP contribution < -0.4 is 0 Å². The van der Waals surface area contributed by atoms with Gasteiger partial charge >= 0.3 is 0 Å². The van der Waals surface area contributed by atoms with Crippen molar-refractivity contribution in [1.29, 1.82) is 0 Å². The van der Waals surface area contributed by atoms with Gasteiger partial charge in [0.2, 0.25) is 10.0 Å². The molecule has 4 nitrogen and oxygen atoms in total. The summed E-state index contributed by atoms with van der Waals surface area (Å²) in [6.45, 7) is 0.686. The highest BCUT2D eigenvalue weighted by atomic mass is 35.5. The number of aliphatic hydroxyl groups is 1. The topological polar surface area (TPSA) is 57.6 Å². The maximum absolute atomic E-state index is 12.5. The Morgan fingerprint density at radius 2 is 1.75 bits per heavy atom. The summed E-state index contributed by atoms with van der Waals surface area (Å²) in [5.41, 5.74) is 0.467. The van der Waals surface area contributed by atoms with Crippen molar-refractivity contribution in [2.45, 2.75) is 17.7 Å². The van der Waals surface area contributed by atoms with Crippen LogP contribution in [0, 0.1) is 11.8 Å². The number of hydrogen-bond donors (Lipinski definition) is 1. The number of aliphatic hydroxyl groups excluding tert-OH is 1. The van der Waals surface area contributed by atoms with Crippen molar-refractivity contribution in [3.63, 3.8) is 0 Å². The number of nitrogens with zero attached hydrogens (tertiary/aromatic N) is 1. The second-order valence-corrected chi connectivity index (χ2v) is 7.03. The molecule has 1 saturated heterocycles. The number of benzene rings is 1. The molecule has 2 rings (SSSR count). The highest BCUT2D eigenvalue weighted by molar-refractivity contribution is 7.89.